The molecule has 1 aromatic heterocycles. The van der Waals surface area contributed by atoms with Gasteiger partial charge < -0.3 is 15.8 Å². The minimum Gasteiger partial charge on any atom is -0.480 e. The monoisotopic (exact) mass is 288 g/mol. The number of sulfonamides is 1. The first kappa shape index (κ1) is 14.0. The van der Waals surface area contributed by atoms with Crippen molar-refractivity contribution < 1.29 is 18.3 Å². The lowest BCUT2D eigenvalue weighted by Gasteiger charge is -2.19. The highest BCUT2D eigenvalue weighted by Crippen LogP contribution is 2.25. The Bertz CT molecular complexity index is 596. The van der Waals surface area contributed by atoms with Gasteiger partial charge in [-0.3, -0.25) is 4.79 Å². The van der Waals surface area contributed by atoms with Gasteiger partial charge in [-0.1, -0.05) is 6.92 Å². The summed E-state index contributed by atoms with van der Waals surface area (Å²) in [7, 11) is -3.76. The summed E-state index contributed by atoms with van der Waals surface area (Å²) in [5.74, 6) is -0.626. The van der Waals surface area contributed by atoms with Crippen molar-refractivity contribution in [3.8, 4) is 0 Å². The molecule has 1 aliphatic heterocycles. The van der Waals surface area contributed by atoms with Gasteiger partial charge in [0, 0.05) is 19.5 Å². The average Bonchev–Trinajstić information content (AvgIpc) is 2.96. The molecular weight excluding hydrogens is 272 g/mol. The molecule has 2 heterocycles. The zero-order valence-corrected chi connectivity index (χ0v) is 11.3. The average molecular weight is 288 g/mol. The lowest BCUT2D eigenvalue weighted by molar-refractivity contribution is -0.142. The van der Waals surface area contributed by atoms with E-state index in [2.05, 4.69) is 9.97 Å². The predicted molar refractivity (Wildman–Crippen MR) is 65.9 cm³/mol. The third kappa shape index (κ3) is 2.36. The molecule has 0 aliphatic carbocycles. The fraction of sp³-hybridized carbons (Fsp3) is 0.600. The Morgan fingerprint density at radius 3 is 2.84 bits per heavy atom. The van der Waals surface area contributed by atoms with E-state index in [9.17, 15) is 13.2 Å². The number of rotatable bonds is 4. The SMILES string of the molecule is CCc1ncc(S(=O)(=O)N2CCC(N)(C(=O)O)C2)[nH]1. The van der Waals surface area contributed by atoms with Crippen LogP contribution in [0.5, 0.6) is 0 Å². The van der Waals surface area contributed by atoms with E-state index in [1.165, 1.54) is 6.20 Å². The van der Waals surface area contributed by atoms with Crippen molar-refractivity contribution in [3.05, 3.63) is 12.0 Å². The zero-order chi connectivity index (χ0) is 14.3. The topological polar surface area (TPSA) is 129 Å². The smallest absolute Gasteiger partial charge is 0.325 e. The molecule has 1 unspecified atom stereocenters. The van der Waals surface area contributed by atoms with Gasteiger partial charge in [0.1, 0.15) is 11.4 Å². The van der Waals surface area contributed by atoms with E-state index < -0.39 is 21.5 Å². The Morgan fingerprint density at radius 2 is 2.37 bits per heavy atom. The quantitative estimate of drug-likeness (QED) is 0.661. The van der Waals surface area contributed by atoms with Crippen LogP contribution in [0.25, 0.3) is 0 Å². The third-order valence-electron chi connectivity index (χ3n) is 3.25. The van der Waals surface area contributed by atoms with Gasteiger partial charge >= 0.3 is 5.97 Å². The minimum absolute atomic E-state index is 0.0287. The van der Waals surface area contributed by atoms with E-state index in [0.717, 1.165) is 4.31 Å². The minimum atomic E-state index is -3.76. The first-order chi connectivity index (χ1) is 8.79. The number of aromatic nitrogens is 2. The molecule has 19 heavy (non-hydrogen) atoms. The molecule has 4 N–H and O–H groups in total. The van der Waals surface area contributed by atoms with E-state index in [-0.39, 0.29) is 24.5 Å². The molecule has 1 aromatic rings. The molecule has 106 valence electrons. The molecule has 0 aromatic carbocycles. The highest BCUT2D eigenvalue weighted by Gasteiger charge is 2.46. The molecule has 9 heteroatoms. The second kappa shape index (κ2) is 4.58. The van der Waals surface area contributed by atoms with Crippen LogP contribution in [0, 0.1) is 0 Å². The van der Waals surface area contributed by atoms with E-state index in [1.54, 1.807) is 0 Å². The van der Waals surface area contributed by atoms with Gasteiger partial charge in [0.25, 0.3) is 10.0 Å². The first-order valence-corrected chi connectivity index (χ1v) is 7.30. The molecular formula is C10H16N4O4S. The molecule has 0 bridgehead atoms. The molecule has 8 nitrogen and oxygen atoms in total. The van der Waals surface area contributed by atoms with Crippen molar-refractivity contribution in [3.63, 3.8) is 0 Å². The number of H-pyrrole nitrogens is 1. The van der Waals surface area contributed by atoms with E-state index in [0.29, 0.717) is 12.2 Å². The Balaban J connectivity index is 2.25. The van der Waals surface area contributed by atoms with Crippen LogP contribution < -0.4 is 5.73 Å². The fourth-order valence-electron chi connectivity index (χ4n) is 1.97. The molecule has 2 rings (SSSR count). The molecule has 1 saturated heterocycles. The lowest BCUT2D eigenvalue weighted by Crippen LogP contribution is -2.50. The van der Waals surface area contributed by atoms with Crippen LogP contribution in [-0.2, 0) is 21.2 Å². The number of nitrogens with two attached hydrogens (primary N) is 1. The Labute approximate surface area is 110 Å². The van der Waals surface area contributed by atoms with Gasteiger partial charge in [0.05, 0.1) is 6.20 Å². The van der Waals surface area contributed by atoms with Crippen LogP contribution in [0.1, 0.15) is 19.2 Å². The molecule has 1 fully saturated rings. The summed E-state index contributed by atoms with van der Waals surface area (Å²) in [6.07, 6.45) is 1.92. The summed E-state index contributed by atoms with van der Waals surface area (Å²) in [5.41, 5.74) is 4.15. The summed E-state index contributed by atoms with van der Waals surface area (Å²) in [4.78, 5) is 17.7. The van der Waals surface area contributed by atoms with Crippen molar-refractivity contribution in [2.75, 3.05) is 13.1 Å². The maximum atomic E-state index is 12.3. The van der Waals surface area contributed by atoms with E-state index in [4.69, 9.17) is 10.8 Å². The van der Waals surface area contributed by atoms with Crippen molar-refractivity contribution in [1.29, 1.82) is 0 Å². The largest absolute Gasteiger partial charge is 0.480 e. The molecule has 1 atom stereocenters. The van der Waals surface area contributed by atoms with Crippen LogP contribution >= 0.6 is 0 Å². The third-order valence-corrected chi connectivity index (χ3v) is 5.00. The van der Waals surface area contributed by atoms with Crippen molar-refractivity contribution >= 4 is 16.0 Å². The summed E-state index contributed by atoms with van der Waals surface area (Å²) in [5, 5.41) is 8.97. The van der Waals surface area contributed by atoms with Gasteiger partial charge in [-0.2, -0.15) is 4.31 Å². The number of carbonyl (C=O) groups is 1. The lowest BCUT2D eigenvalue weighted by atomic mass is 10.0. The van der Waals surface area contributed by atoms with Crippen LogP contribution in [-0.4, -0.2) is 52.4 Å². The number of nitrogens with one attached hydrogen (secondary N) is 1. The number of aliphatic carboxylic acids is 1. The molecule has 0 radical (unpaired) electrons. The number of nitrogens with zero attached hydrogens (tertiary/aromatic N) is 2. The Morgan fingerprint density at radius 1 is 1.68 bits per heavy atom. The number of imidazole rings is 1. The van der Waals surface area contributed by atoms with Gasteiger partial charge in [-0.25, -0.2) is 13.4 Å². The maximum absolute atomic E-state index is 12.3. The molecule has 1 aliphatic rings. The Kier molecular flexibility index (Phi) is 3.37. The summed E-state index contributed by atoms with van der Waals surface area (Å²) in [6, 6.07) is 0. The second-order valence-corrected chi connectivity index (χ2v) is 6.50. The maximum Gasteiger partial charge on any atom is 0.325 e. The van der Waals surface area contributed by atoms with Gasteiger partial charge in [-0.05, 0) is 6.42 Å². The first-order valence-electron chi connectivity index (χ1n) is 5.86. The number of carboxylic acids is 1. The molecule has 0 saturated carbocycles. The second-order valence-electron chi connectivity index (χ2n) is 4.60. The highest BCUT2D eigenvalue weighted by molar-refractivity contribution is 7.89. The number of hydrogen-bond donors (Lipinski definition) is 3. The van der Waals surface area contributed by atoms with Crippen molar-refractivity contribution in [2.24, 2.45) is 5.73 Å². The van der Waals surface area contributed by atoms with Crippen molar-refractivity contribution in [2.45, 2.75) is 30.3 Å². The van der Waals surface area contributed by atoms with Gasteiger partial charge in [0.2, 0.25) is 0 Å². The van der Waals surface area contributed by atoms with Crippen LogP contribution in [0.15, 0.2) is 11.2 Å². The number of hydrogen-bond acceptors (Lipinski definition) is 5. The van der Waals surface area contributed by atoms with Gasteiger partial charge in [0.15, 0.2) is 5.03 Å². The standard InChI is InChI=1S/C10H16N4O4S/c1-2-7-12-5-8(13-7)19(17,18)14-4-3-10(11,6-14)9(15)16/h5H,2-4,6,11H2,1H3,(H,12,13)(H,15,16). The number of carboxylic acid groups (broad SMARTS) is 1. The summed E-state index contributed by atoms with van der Waals surface area (Å²) in [6.45, 7) is 1.71. The fourth-order valence-corrected chi connectivity index (χ4v) is 3.41. The zero-order valence-electron chi connectivity index (χ0n) is 10.5. The van der Waals surface area contributed by atoms with Crippen LogP contribution in [0.2, 0.25) is 0 Å². The summed E-state index contributed by atoms with van der Waals surface area (Å²) < 4.78 is 25.6. The van der Waals surface area contributed by atoms with Crippen LogP contribution in [0.3, 0.4) is 0 Å². The van der Waals surface area contributed by atoms with Gasteiger partial charge in [-0.15, -0.1) is 0 Å². The highest BCUT2D eigenvalue weighted by atomic mass is 32.2. The predicted octanol–water partition coefficient (Wildman–Crippen LogP) is -0.851. The molecule has 0 amide bonds. The van der Waals surface area contributed by atoms with Crippen LogP contribution in [0.4, 0.5) is 0 Å². The normalized spacial score (nSPS) is 24.7. The molecule has 0 spiro atoms. The number of aromatic amines is 1. The van der Waals surface area contributed by atoms with E-state index >= 15 is 0 Å². The van der Waals surface area contributed by atoms with Crippen molar-refractivity contribution in [1.82, 2.24) is 14.3 Å². The van der Waals surface area contributed by atoms with E-state index in [1.807, 2.05) is 6.92 Å². The number of aryl methyl sites for hydroxylation is 1. The summed E-state index contributed by atoms with van der Waals surface area (Å²) >= 11 is 0. The Hall–Kier alpha value is -1.45.